The van der Waals surface area contributed by atoms with Crippen molar-refractivity contribution in [3.05, 3.63) is 22.4 Å². The third-order valence-electron chi connectivity index (χ3n) is 0.891. The Morgan fingerprint density at radius 2 is 2.50 bits per heavy atom. The van der Waals surface area contributed by atoms with Crippen LogP contribution in [0.1, 0.15) is 11.8 Å². The van der Waals surface area contributed by atoms with E-state index in [9.17, 15) is 0 Å². The largest absolute Gasteiger partial charge is 0.304 e. The zero-order valence-electron chi connectivity index (χ0n) is 4.64. The van der Waals surface area contributed by atoms with Gasteiger partial charge in [-0.15, -0.1) is 11.3 Å². The molecule has 0 fully saturated rings. The van der Waals surface area contributed by atoms with Crippen molar-refractivity contribution in [1.29, 1.82) is 5.41 Å². The van der Waals surface area contributed by atoms with Gasteiger partial charge >= 0.3 is 0 Å². The standard InChI is InChI=1S/C6H7NS/c1-5(7)6-3-2-4-8-6/h2-4,7H,1H3. The van der Waals surface area contributed by atoms with Crippen molar-refractivity contribution in [2.75, 3.05) is 0 Å². The minimum atomic E-state index is 0.653. The molecule has 0 saturated carbocycles. The van der Waals surface area contributed by atoms with Gasteiger partial charge in [0.15, 0.2) is 0 Å². The maximum absolute atomic E-state index is 7.16. The summed E-state index contributed by atoms with van der Waals surface area (Å²) in [6.45, 7) is 1.80. The second-order valence-electron chi connectivity index (χ2n) is 1.60. The Morgan fingerprint density at radius 3 is 2.75 bits per heavy atom. The zero-order valence-corrected chi connectivity index (χ0v) is 5.46. The molecule has 0 saturated heterocycles. The van der Waals surface area contributed by atoms with Crippen molar-refractivity contribution in [2.45, 2.75) is 6.92 Å². The Morgan fingerprint density at radius 1 is 1.75 bits per heavy atom. The summed E-state index contributed by atoms with van der Waals surface area (Å²) in [5, 5.41) is 9.14. The highest BCUT2D eigenvalue weighted by atomic mass is 32.1. The van der Waals surface area contributed by atoms with Gasteiger partial charge in [-0.3, -0.25) is 0 Å². The molecule has 0 atom stereocenters. The van der Waals surface area contributed by atoms with E-state index in [-0.39, 0.29) is 0 Å². The summed E-state index contributed by atoms with van der Waals surface area (Å²) in [6.07, 6.45) is 0. The zero-order chi connectivity index (χ0) is 5.98. The van der Waals surface area contributed by atoms with E-state index in [4.69, 9.17) is 5.41 Å². The number of nitrogens with one attached hydrogen (secondary N) is 1. The molecule has 1 aromatic rings. The van der Waals surface area contributed by atoms with E-state index < -0.39 is 0 Å². The van der Waals surface area contributed by atoms with Gasteiger partial charge in [0.05, 0.1) is 0 Å². The lowest BCUT2D eigenvalue weighted by Crippen LogP contribution is -1.83. The predicted molar refractivity (Wildman–Crippen MR) is 36.8 cm³/mol. The molecule has 0 aliphatic rings. The lowest BCUT2D eigenvalue weighted by atomic mass is 10.3. The van der Waals surface area contributed by atoms with E-state index in [0.717, 1.165) is 4.88 Å². The quantitative estimate of drug-likeness (QED) is 0.556. The lowest BCUT2D eigenvalue weighted by molar-refractivity contribution is 1.49. The van der Waals surface area contributed by atoms with Gasteiger partial charge in [0.25, 0.3) is 0 Å². The van der Waals surface area contributed by atoms with Gasteiger partial charge in [0.1, 0.15) is 0 Å². The van der Waals surface area contributed by atoms with Crippen LogP contribution >= 0.6 is 11.3 Å². The van der Waals surface area contributed by atoms with Gasteiger partial charge in [0.2, 0.25) is 0 Å². The van der Waals surface area contributed by atoms with Gasteiger partial charge in [-0.1, -0.05) is 6.07 Å². The van der Waals surface area contributed by atoms with Crippen LogP contribution in [0, 0.1) is 5.41 Å². The first-order chi connectivity index (χ1) is 3.80. The van der Waals surface area contributed by atoms with E-state index in [1.807, 2.05) is 17.5 Å². The minimum absolute atomic E-state index is 0.653. The van der Waals surface area contributed by atoms with Gasteiger partial charge in [-0.2, -0.15) is 0 Å². The second-order valence-corrected chi connectivity index (χ2v) is 2.55. The monoisotopic (exact) mass is 125 g/mol. The highest BCUT2D eigenvalue weighted by Crippen LogP contribution is 2.07. The highest BCUT2D eigenvalue weighted by molar-refractivity contribution is 7.12. The molecule has 0 aromatic carbocycles. The third kappa shape index (κ3) is 0.954. The SMILES string of the molecule is CC(=N)c1cccs1. The first-order valence-corrected chi connectivity index (χ1v) is 3.27. The minimum Gasteiger partial charge on any atom is -0.304 e. The fourth-order valence-corrected chi connectivity index (χ4v) is 1.13. The molecule has 0 spiro atoms. The fraction of sp³-hybridized carbons (Fsp3) is 0.167. The highest BCUT2D eigenvalue weighted by Gasteiger charge is 1.91. The normalized spacial score (nSPS) is 9.12. The molecule has 0 unspecified atom stereocenters. The van der Waals surface area contributed by atoms with E-state index >= 15 is 0 Å². The van der Waals surface area contributed by atoms with E-state index in [2.05, 4.69) is 0 Å². The maximum Gasteiger partial charge on any atom is 0.0475 e. The molecule has 0 aliphatic carbocycles. The van der Waals surface area contributed by atoms with Crippen LogP contribution in [0.5, 0.6) is 0 Å². The molecular formula is C6H7NS. The summed E-state index contributed by atoms with van der Waals surface area (Å²) >= 11 is 1.61. The predicted octanol–water partition coefficient (Wildman–Crippen LogP) is 2.14. The smallest absolute Gasteiger partial charge is 0.0475 e. The Hall–Kier alpha value is -0.630. The van der Waals surface area contributed by atoms with Crippen LogP contribution in [0.2, 0.25) is 0 Å². The first kappa shape index (κ1) is 5.51. The number of hydrogen-bond acceptors (Lipinski definition) is 2. The molecule has 0 amide bonds. The number of hydrogen-bond donors (Lipinski definition) is 1. The summed E-state index contributed by atoms with van der Waals surface area (Å²) in [6, 6.07) is 3.91. The molecule has 8 heavy (non-hydrogen) atoms. The van der Waals surface area contributed by atoms with Crippen molar-refractivity contribution in [3.8, 4) is 0 Å². The Balaban J connectivity index is 2.93. The summed E-state index contributed by atoms with van der Waals surface area (Å²) in [5.41, 5.74) is 0.653. The van der Waals surface area contributed by atoms with Crippen LogP contribution in [0.25, 0.3) is 0 Å². The van der Waals surface area contributed by atoms with Crippen LogP contribution in [-0.2, 0) is 0 Å². The van der Waals surface area contributed by atoms with Crippen LogP contribution < -0.4 is 0 Å². The Bertz CT molecular complexity index is 176. The molecule has 0 aliphatic heterocycles. The van der Waals surface area contributed by atoms with Gasteiger partial charge < -0.3 is 5.41 Å². The first-order valence-electron chi connectivity index (χ1n) is 2.40. The topological polar surface area (TPSA) is 23.9 Å². The average molecular weight is 125 g/mol. The van der Waals surface area contributed by atoms with Crippen molar-refractivity contribution in [1.82, 2.24) is 0 Å². The van der Waals surface area contributed by atoms with Crippen LogP contribution in [0.15, 0.2) is 17.5 Å². The molecule has 1 heterocycles. The molecular weight excluding hydrogens is 118 g/mol. The Labute approximate surface area is 52.5 Å². The van der Waals surface area contributed by atoms with Gasteiger partial charge in [0, 0.05) is 10.6 Å². The fourth-order valence-electron chi connectivity index (χ4n) is 0.492. The Kier molecular flexibility index (Phi) is 1.44. The molecule has 42 valence electrons. The number of rotatable bonds is 1. The van der Waals surface area contributed by atoms with Gasteiger partial charge in [-0.05, 0) is 18.4 Å². The summed E-state index contributed by atoms with van der Waals surface area (Å²) in [7, 11) is 0. The molecule has 2 heteroatoms. The van der Waals surface area contributed by atoms with E-state index in [1.54, 1.807) is 18.3 Å². The van der Waals surface area contributed by atoms with Crippen molar-refractivity contribution in [3.63, 3.8) is 0 Å². The summed E-state index contributed by atoms with van der Waals surface area (Å²) in [5.74, 6) is 0. The lowest BCUT2D eigenvalue weighted by Gasteiger charge is -1.84. The van der Waals surface area contributed by atoms with Crippen LogP contribution in [0.3, 0.4) is 0 Å². The maximum atomic E-state index is 7.16. The third-order valence-corrected chi connectivity index (χ3v) is 1.88. The molecule has 1 aromatic heterocycles. The van der Waals surface area contributed by atoms with Crippen molar-refractivity contribution < 1.29 is 0 Å². The van der Waals surface area contributed by atoms with Crippen molar-refractivity contribution >= 4 is 17.0 Å². The summed E-state index contributed by atoms with van der Waals surface area (Å²) in [4.78, 5) is 1.06. The van der Waals surface area contributed by atoms with E-state index in [0.29, 0.717) is 5.71 Å². The average Bonchev–Trinajstić information content (AvgIpc) is 2.12. The van der Waals surface area contributed by atoms with Crippen LogP contribution in [0.4, 0.5) is 0 Å². The van der Waals surface area contributed by atoms with Gasteiger partial charge in [-0.25, -0.2) is 0 Å². The number of thiophene rings is 1. The van der Waals surface area contributed by atoms with Crippen molar-refractivity contribution in [2.24, 2.45) is 0 Å². The molecule has 1 N–H and O–H groups in total. The molecule has 0 radical (unpaired) electrons. The van der Waals surface area contributed by atoms with E-state index in [1.165, 1.54) is 0 Å². The molecule has 0 bridgehead atoms. The summed E-state index contributed by atoms with van der Waals surface area (Å²) < 4.78 is 0. The molecule has 1 rings (SSSR count). The molecule has 1 nitrogen and oxygen atoms in total. The van der Waals surface area contributed by atoms with Crippen LogP contribution in [-0.4, -0.2) is 5.71 Å². The second kappa shape index (κ2) is 2.09.